The van der Waals surface area contributed by atoms with Crippen LogP contribution in [0.4, 0.5) is 0 Å². The van der Waals surface area contributed by atoms with Crippen molar-refractivity contribution in [2.75, 3.05) is 0 Å². The van der Waals surface area contributed by atoms with Crippen molar-refractivity contribution in [3.8, 4) is 17.0 Å². The summed E-state index contributed by atoms with van der Waals surface area (Å²) >= 11 is 0. The molecule has 2 aromatic rings. The second kappa shape index (κ2) is 3.77. The third-order valence-electron chi connectivity index (χ3n) is 2.44. The number of aromatic hydroxyl groups is 1. The standard InChI is InChI=1S/C12H14N2O/c1-3-14-12(15)11(8-13-14)10-6-4-5-9(2)7-10/h4-8,15H,3H2,1-2H3. The van der Waals surface area contributed by atoms with E-state index in [4.69, 9.17) is 0 Å². The molecule has 1 N–H and O–H groups in total. The number of benzene rings is 1. The van der Waals surface area contributed by atoms with E-state index in [1.807, 2.05) is 38.1 Å². The van der Waals surface area contributed by atoms with Gasteiger partial charge in [-0.05, 0) is 19.4 Å². The van der Waals surface area contributed by atoms with Gasteiger partial charge in [-0.3, -0.25) is 0 Å². The molecule has 0 bridgehead atoms. The highest BCUT2D eigenvalue weighted by molar-refractivity contribution is 5.68. The predicted octanol–water partition coefficient (Wildman–Crippen LogP) is 2.58. The fourth-order valence-corrected chi connectivity index (χ4v) is 1.63. The molecule has 2 rings (SSSR count). The summed E-state index contributed by atoms with van der Waals surface area (Å²) in [6, 6.07) is 8.03. The van der Waals surface area contributed by atoms with Crippen molar-refractivity contribution in [3.05, 3.63) is 36.0 Å². The lowest BCUT2D eigenvalue weighted by Gasteiger charge is -2.01. The molecule has 0 saturated heterocycles. The molecule has 1 heterocycles. The molecule has 78 valence electrons. The van der Waals surface area contributed by atoms with Gasteiger partial charge in [-0.1, -0.05) is 29.8 Å². The highest BCUT2D eigenvalue weighted by Crippen LogP contribution is 2.28. The van der Waals surface area contributed by atoms with Crippen LogP contribution in [0, 0.1) is 6.92 Å². The molecule has 0 amide bonds. The van der Waals surface area contributed by atoms with Crippen molar-refractivity contribution in [1.82, 2.24) is 9.78 Å². The predicted molar refractivity (Wildman–Crippen MR) is 59.7 cm³/mol. The molecular formula is C12H14N2O. The van der Waals surface area contributed by atoms with Crippen molar-refractivity contribution < 1.29 is 5.11 Å². The lowest BCUT2D eigenvalue weighted by atomic mass is 10.1. The van der Waals surface area contributed by atoms with Crippen LogP contribution in [0.1, 0.15) is 12.5 Å². The van der Waals surface area contributed by atoms with E-state index in [2.05, 4.69) is 5.10 Å². The molecule has 0 spiro atoms. The van der Waals surface area contributed by atoms with Crippen molar-refractivity contribution in [2.24, 2.45) is 0 Å². The Labute approximate surface area is 89.0 Å². The number of aromatic nitrogens is 2. The van der Waals surface area contributed by atoms with Gasteiger partial charge in [0.15, 0.2) is 0 Å². The Morgan fingerprint density at radius 2 is 2.20 bits per heavy atom. The summed E-state index contributed by atoms with van der Waals surface area (Å²) in [4.78, 5) is 0. The van der Waals surface area contributed by atoms with E-state index in [-0.39, 0.29) is 5.88 Å². The van der Waals surface area contributed by atoms with Crippen molar-refractivity contribution >= 4 is 0 Å². The third-order valence-corrected chi connectivity index (χ3v) is 2.44. The van der Waals surface area contributed by atoms with Gasteiger partial charge >= 0.3 is 0 Å². The molecule has 3 heteroatoms. The summed E-state index contributed by atoms with van der Waals surface area (Å²) in [5, 5.41) is 14.0. The summed E-state index contributed by atoms with van der Waals surface area (Å²) in [7, 11) is 0. The van der Waals surface area contributed by atoms with E-state index in [0.717, 1.165) is 11.1 Å². The summed E-state index contributed by atoms with van der Waals surface area (Å²) in [6.07, 6.45) is 1.70. The van der Waals surface area contributed by atoms with E-state index in [1.54, 1.807) is 10.9 Å². The number of hydrogen-bond donors (Lipinski definition) is 1. The molecular weight excluding hydrogens is 188 g/mol. The fraction of sp³-hybridized carbons (Fsp3) is 0.250. The van der Waals surface area contributed by atoms with Crippen molar-refractivity contribution in [3.63, 3.8) is 0 Å². The van der Waals surface area contributed by atoms with E-state index in [9.17, 15) is 5.11 Å². The van der Waals surface area contributed by atoms with Gasteiger partial charge in [-0.2, -0.15) is 5.10 Å². The summed E-state index contributed by atoms with van der Waals surface area (Å²) < 4.78 is 1.58. The minimum absolute atomic E-state index is 0.239. The Kier molecular flexibility index (Phi) is 2.46. The highest BCUT2D eigenvalue weighted by Gasteiger charge is 2.09. The van der Waals surface area contributed by atoms with Gasteiger partial charge in [0.25, 0.3) is 0 Å². The van der Waals surface area contributed by atoms with E-state index in [0.29, 0.717) is 6.54 Å². The second-order valence-corrected chi connectivity index (χ2v) is 3.57. The second-order valence-electron chi connectivity index (χ2n) is 3.57. The molecule has 0 atom stereocenters. The zero-order valence-corrected chi connectivity index (χ0v) is 8.94. The van der Waals surface area contributed by atoms with Crippen LogP contribution in [0.5, 0.6) is 5.88 Å². The molecule has 0 aliphatic heterocycles. The van der Waals surface area contributed by atoms with Crippen LogP contribution in [0.25, 0.3) is 11.1 Å². The van der Waals surface area contributed by atoms with E-state index >= 15 is 0 Å². The first-order valence-corrected chi connectivity index (χ1v) is 5.04. The van der Waals surface area contributed by atoms with Crippen LogP contribution >= 0.6 is 0 Å². The number of nitrogens with zero attached hydrogens (tertiary/aromatic N) is 2. The van der Waals surface area contributed by atoms with Crippen LogP contribution in [-0.4, -0.2) is 14.9 Å². The van der Waals surface area contributed by atoms with Crippen LogP contribution < -0.4 is 0 Å². The Morgan fingerprint density at radius 3 is 2.80 bits per heavy atom. The number of rotatable bonds is 2. The Bertz CT molecular complexity index is 474. The summed E-state index contributed by atoms with van der Waals surface area (Å²) in [5.74, 6) is 0.239. The largest absolute Gasteiger partial charge is 0.493 e. The molecule has 0 unspecified atom stereocenters. The van der Waals surface area contributed by atoms with Gasteiger partial charge in [0.1, 0.15) is 0 Å². The minimum Gasteiger partial charge on any atom is -0.493 e. The molecule has 0 aliphatic rings. The summed E-state index contributed by atoms with van der Waals surface area (Å²) in [5.41, 5.74) is 2.98. The monoisotopic (exact) mass is 202 g/mol. The van der Waals surface area contributed by atoms with E-state index in [1.165, 1.54) is 5.56 Å². The average molecular weight is 202 g/mol. The topological polar surface area (TPSA) is 38.0 Å². The zero-order chi connectivity index (χ0) is 10.8. The molecule has 1 aromatic carbocycles. The molecule has 0 aliphatic carbocycles. The third kappa shape index (κ3) is 1.73. The van der Waals surface area contributed by atoms with Gasteiger partial charge in [0.05, 0.1) is 11.8 Å². The first kappa shape index (κ1) is 9.77. The molecule has 0 saturated carbocycles. The lowest BCUT2D eigenvalue weighted by Crippen LogP contribution is -1.94. The molecule has 0 radical (unpaired) electrons. The van der Waals surface area contributed by atoms with Gasteiger partial charge in [-0.25, -0.2) is 4.68 Å². The molecule has 0 fully saturated rings. The van der Waals surface area contributed by atoms with Crippen LogP contribution in [0.15, 0.2) is 30.5 Å². The smallest absolute Gasteiger partial charge is 0.217 e. The van der Waals surface area contributed by atoms with Crippen molar-refractivity contribution in [2.45, 2.75) is 20.4 Å². The normalized spacial score (nSPS) is 10.5. The maximum atomic E-state index is 9.87. The Morgan fingerprint density at radius 1 is 1.40 bits per heavy atom. The number of aryl methyl sites for hydroxylation is 2. The van der Waals surface area contributed by atoms with E-state index < -0.39 is 0 Å². The maximum Gasteiger partial charge on any atom is 0.217 e. The SMILES string of the molecule is CCn1ncc(-c2cccc(C)c2)c1O. The summed E-state index contributed by atoms with van der Waals surface area (Å²) in [6.45, 7) is 4.66. The Hall–Kier alpha value is -1.77. The molecule has 3 nitrogen and oxygen atoms in total. The van der Waals surface area contributed by atoms with Crippen molar-refractivity contribution in [1.29, 1.82) is 0 Å². The number of hydrogen-bond acceptors (Lipinski definition) is 2. The average Bonchev–Trinajstić information content (AvgIpc) is 2.59. The maximum absolute atomic E-state index is 9.87. The van der Waals surface area contributed by atoms with Gasteiger partial charge < -0.3 is 5.11 Å². The first-order valence-electron chi connectivity index (χ1n) is 5.04. The Balaban J connectivity index is 2.49. The molecule has 15 heavy (non-hydrogen) atoms. The van der Waals surface area contributed by atoms with Gasteiger partial charge in [-0.15, -0.1) is 0 Å². The van der Waals surface area contributed by atoms with Crippen LogP contribution in [0.2, 0.25) is 0 Å². The molecule has 1 aromatic heterocycles. The van der Waals surface area contributed by atoms with Gasteiger partial charge in [0.2, 0.25) is 5.88 Å². The zero-order valence-electron chi connectivity index (χ0n) is 8.94. The lowest BCUT2D eigenvalue weighted by molar-refractivity contribution is 0.406. The van der Waals surface area contributed by atoms with Gasteiger partial charge in [0, 0.05) is 6.54 Å². The quantitative estimate of drug-likeness (QED) is 0.812. The van der Waals surface area contributed by atoms with Crippen LogP contribution in [0.3, 0.4) is 0 Å². The highest BCUT2D eigenvalue weighted by atomic mass is 16.3. The fourth-order valence-electron chi connectivity index (χ4n) is 1.63. The van der Waals surface area contributed by atoms with Crippen LogP contribution in [-0.2, 0) is 6.54 Å². The minimum atomic E-state index is 0.239. The first-order chi connectivity index (χ1) is 7.22.